The van der Waals surface area contributed by atoms with Crippen LogP contribution in [-0.4, -0.2) is 43.4 Å². The third kappa shape index (κ3) is 39.1. The van der Waals surface area contributed by atoms with Crippen molar-refractivity contribution in [1.29, 1.82) is 0 Å². The van der Waals surface area contributed by atoms with E-state index in [9.17, 15) is 4.79 Å². The predicted molar refractivity (Wildman–Crippen MR) is 71.0 cm³/mol. The van der Waals surface area contributed by atoms with Gasteiger partial charge in [0.05, 0.1) is 13.2 Å². The Morgan fingerprint density at radius 1 is 0.941 bits per heavy atom. The molecule has 0 heterocycles. The number of aliphatic hydroxyl groups excluding tert-OH is 2. The van der Waals surface area contributed by atoms with Crippen LogP contribution in [0.15, 0.2) is 0 Å². The molecule has 0 bridgehead atoms. The summed E-state index contributed by atoms with van der Waals surface area (Å²) in [4.78, 5) is 11.1. The summed E-state index contributed by atoms with van der Waals surface area (Å²) in [5.41, 5.74) is 0. The summed E-state index contributed by atoms with van der Waals surface area (Å²) in [6.07, 6.45) is 1.50. The number of Topliss-reactive ketones (excluding diaryl/α,β-unsaturated/α-hetero) is 1. The van der Waals surface area contributed by atoms with Crippen molar-refractivity contribution in [1.82, 2.24) is 0 Å². The van der Waals surface area contributed by atoms with Crippen LogP contribution < -0.4 is 0 Å². The molecule has 0 saturated carbocycles. The smallest absolute Gasteiger partial charge is 0.133 e. The van der Waals surface area contributed by atoms with Gasteiger partial charge in [0.2, 0.25) is 0 Å². The molecule has 0 aromatic heterocycles. The first-order chi connectivity index (χ1) is 7.85. The number of rotatable bonds is 5. The van der Waals surface area contributed by atoms with Gasteiger partial charge >= 0.3 is 0 Å². The van der Waals surface area contributed by atoms with Gasteiger partial charge in [0, 0.05) is 27.1 Å². The quantitative estimate of drug-likeness (QED) is 0.782. The molecule has 0 amide bonds. The third-order valence-corrected chi connectivity index (χ3v) is 1.37. The molecule has 4 heteroatoms. The minimum atomic E-state index is -0.125. The Bertz CT molecular complexity index is 130. The zero-order valence-electron chi connectivity index (χ0n) is 12.2. The molecule has 106 valence electrons. The Morgan fingerprint density at radius 2 is 1.18 bits per heavy atom. The Labute approximate surface area is 106 Å². The maximum Gasteiger partial charge on any atom is 0.133 e. The van der Waals surface area contributed by atoms with Crippen molar-refractivity contribution in [3.05, 3.63) is 0 Å². The summed E-state index contributed by atoms with van der Waals surface area (Å²) >= 11 is 0. The van der Waals surface area contributed by atoms with E-state index in [1.807, 2.05) is 0 Å². The summed E-state index contributed by atoms with van der Waals surface area (Å²) < 4.78 is 4.25. The normalized spacial score (nSPS) is 9.29. The van der Waals surface area contributed by atoms with Gasteiger partial charge in [-0.2, -0.15) is 0 Å². The molecule has 0 aromatic rings. The molecule has 0 rings (SSSR count). The third-order valence-electron chi connectivity index (χ3n) is 1.37. The van der Waals surface area contributed by atoms with Gasteiger partial charge in [-0.15, -0.1) is 0 Å². The molecule has 2 N–H and O–H groups in total. The second kappa shape index (κ2) is 17.9. The fourth-order valence-corrected chi connectivity index (χ4v) is 0.994. The van der Waals surface area contributed by atoms with Gasteiger partial charge in [-0.05, 0) is 11.8 Å². The Balaban J connectivity index is -0.000000232. The van der Waals surface area contributed by atoms with E-state index >= 15 is 0 Å². The van der Waals surface area contributed by atoms with Crippen LogP contribution in [0.2, 0.25) is 0 Å². The molecule has 0 saturated heterocycles. The monoisotopic (exact) mass is 250 g/mol. The molecular weight excluding hydrogens is 220 g/mol. The molecule has 0 fully saturated rings. The fourth-order valence-electron chi connectivity index (χ4n) is 0.994. The molecule has 0 atom stereocenters. The number of carbonyl (C=O) groups is 1. The van der Waals surface area contributed by atoms with Crippen LogP contribution in [0.3, 0.4) is 0 Å². The molecule has 0 aliphatic heterocycles. The van der Waals surface area contributed by atoms with Crippen molar-refractivity contribution in [3.8, 4) is 0 Å². The van der Waals surface area contributed by atoms with Crippen molar-refractivity contribution in [3.63, 3.8) is 0 Å². The van der Waals surface area contributed by atoms with Gasteiger partial charge in [0.1, 0.15) is 5.78 Å². The minimum absolute atomic E-state index is 0.125. The van der Waals surface area contributed by atoms with E-state index in [0.717, 1.165) is 12.8 Å². The number of hydrogen-bond acceptors (Lipinski definition) is 4. The van der Waals surface area contributed by atoms with Crippen LogP contribution in [-0.2, 0) is 9.53 Å². The predicted octanol–water partition coefficient (Wildman–Crippen LogP) is 1.88. The molecule has 0 radical (unpaired) electrons. The number of ketones is 1. The van der Waals surface area contributed by atoms with E-state index < -0.39 is 0 Å². The van der Waals surface area contributed by atoms with Crippen LogP contribution in [0.1, 0.15) is 40.5 Å². The molecular formula is C13H30O4. The zero-order chi connectivity index (χ0) is 14.3. The summed E-state index contributed by atoms with van der Waals surface area (Å²) in [5.74, 6) is 1.45. The van der Waals surface area contributed by atoms with Crippen LogP contribution in [0.25, 0.3) is 0 Å². The topological polar surface area (TPSA) is 66.8 Å². The summed E-state index contributed by atoms with van der Waals surface area (Å²) in [5, 5.41) is 15.2. The van der Waals surface area contributed by atoms with Gasteiger partial charge in [-0.3, -0.25) is 4.79 Å². The number of methoxy groups -OCH3 is 1. The lowest BCUT2D eigenvalue weighted by Crippen LogP contribution is -2.05. The minimum Gasteiger partial charge on any atom is -0.394 e. The first-order valence-electron chi connectivity index (χ1n) is 5.99. The highest BCUT2D eigenvalue weighted by Crippen LogP contribution is 2.07. The van der Waals surface area contributed by atoms with E-state index in [0.29, 0.717) is 17.6 Å². The molecule has 0 unspecified atom stereocenters. The van der Waals surface area contributed by atoms with Crippen molar-refractivity contribution < 1.29 is 19.7 Å². The van der Waals surface area contributed by atoms with Crippen molar-refractivity contribution in [2.24, 2.45) is 11.8 Å². The van der Waals surface area contributed by atoms with Gasteiger partial charge in [0.25, 0.3) is 0 Å². The summed E-state index contributed by atoms with van der Waals surface area (Å²) in [7, 11) is 3.25. The zero-order valence-corrected chi connectivity index (χ0v) is 12.2. The van der Waals surface area contributed by atoms with Crippen molar-refractivity contribution in [2.75, 3.05) is 27.4 Å². The number of aliphatic hydroxyl groups is 2. The highest BCUT2D eigenvalue weighted by atomic mass is 16.4. The van der Waals surface area contributed by atoms with E-state index in [1.165, 1.54) is 0 Å². The molecule has 0 aliphatic carbocycles. The Hall–Kier alpha value is -0.450. The first-order valence-corrected chi connectivity index (χ1v) is 5.99. The van der Waals surface area contributed by atoms with Crippen LogP contribution in [0, 0.1) is 11.8 Å². The molecule has 0 aromatic carbocycles. The lowest BCUT2D eigenvalue weighted by Gasteiger charge is -2.05. The van der Waals surface area contributed by atoms with Gasteiger partial charge < -0.3 is 14.9 Å². The number of hydrogen-bond donors (Lipinski definition) is 2. The van der Waals surface area contributed by atoms with E-state index in [2.05, 4.69) is 32.4 Å². The van der Waals surface area contributed by atoms with Gasteiger partial charge in [-0.25, -0.2) is 0 Å². The van der Waals surface area contributed by atoms with Crippen molar-refractivity contribution >= 4 is 5.78 Å². The Kier molecular flexibility index (Phi) is 23.0. The molecule has 0 aliphatic rings. The van der Waals surface area contributed by atoms with Gasteiger partial charge in [-0.1, -0.05) is 27.7 Å². The van der Waals surface area contributed by atoms with E-state index in [4.69, 9.17) is 10.2 Å². The maximum absolute atomic E-state index is 11.1. The van der Waals surface area contributed by atoms with Crippen molar-refractivity contribution in [2.45, 2.75) is 40.5 Å². The lowest BCUT2D eigenvalue weighted by molar-refractivity contribution is -0.120. The highest BCUT2D eigenvalue weighted by Gasteiger charge is 2.06. The number of carbonyl (C=O) groups excluding carboxylic acids is 1. The van der Waals surface area contributed by atoms with E-state index in [-0.39, 0.29) is 13.2 Å². The van der Waals surface area contributed by atoms with Crippen LogP contribution >= 0.6 is 0 Å². The van der Waals surface area contributed by atoms with Gasteiger partial charge in [0.15, 0.2) is 0 Å². The standard InChI is InChI=1S/C9H18O.C2H6O2.C2H6O/c1-7(2)5-9(10)6-8(3)4;3-1-2-4;1-3-2/h7-8H,5-6H2,1-4H3;3-4H,1-2H2;1-2H3. The maximum atomic E-state index is 11.1. The summed E-state index contributed by atoms with van der Waals surface area (Å²) in [6, 6.07) is 0. The number of ether oxygens (including phenoxy) is 1. The second-order valence-corrected chi connectivity index (χ2v) is 4.59. The second-order valence-electron chi connectivity index (χ2n) is 4.59. The SMILES string of the molecule is CC(C)CC(=O)CC(C)C.COC.OCCO. The molecule has 0 spiro atoms. The average Bonchev–Trinajstić information content (AvgIpc) is 2.16. The average molecular weight is 250 g/mol. The fraction of sp³-hybridized carbons (Fsp3) is 0.923. The largest absolute Gasteiger partial charge is 0.394 e. The first kappa shape index (κ1) is 21.8. The molecule has 4 nitrogen and oxygen atoms in total. The molecule has 17 heavy (non-hydrogen) atoms. The lowest BCUT2D eigenvalue weighted by atomic mass is 10.00. The van der Waals surface area contributed by atoms with Crippen LogP contribution in [0.5, 0.6) is 0 Å². The summed E-state index contributed by atoms with van der Waals surface area (Å²) in [6.45, 7) is 8.08. The van der Waals surface area contributed by atoms with E-state index in [1.54, 1.807) is 14.2 Å². The highest BCUT2D eigenvalue weighted by molar-refractivity contribution is 5.78. The Morgan fingerprint density at radius 3 is 1.29 bits per heavy atom. The van der Waals surface area contributed by atoms with Crippen LogP contribution in [0.4, 0.5) is 0 Å².